The molecule has 16 heavy (non-hydrogen) atoms. The van der Waals surface area contributed by atoms with Crippen LogP contribution in [0.4, 0.5) is 11.6 Å². The molecule has 1 aromatic rings. The molecule has 1 aromatic heterocycles. The second kappa shape index (κ2) is 5.64. The maximum Gasteiger partial charge on any atom is 0.219 e. The molecule has 0 radical (unpaired) electrons. The molecule has 0 aliphatic carbocycles. The Hall–Kier alpha value is -1.37. The van der Waals surface area contributed by atoms with E-state index in [0.717, 1.165) is 4.47 Å². The lowest BCUT2D eigenvalue weighted by Crippen LogP contribution is -2.24. The summed E-state index contributed by atoms with van der Waals surface area (Å²) in [6, 6.07) is -0.0755. The molecule has 0 saturated carbocycles. The first-order valence-corrected chi connectivity index (χ1v) is 5.57. The average molecular weight is 288 g/mol. The van der Waals surface area contributed by atoms with E-state index in [2.05, 4.69) is 36.5 Å². The third kappa shape index (κ3) is 3.34. The first kappa shape index (κ1) is 12.7. The van der Waals surface area contributed by atoms with Crippen LogP contribution in [0.1, 0.15) is 13.3 Å². The second-order valence-electron chi connectivity index (χ2n) is 3.35. The van der Waals surface area contributed by atoms with Crippen molar-refractivity contribution < 1.29 is 4.79 Å². The molecule has 0 saturated heterocycles. The minimum absolute atomic E-state index is 0.0755. The Morgan fingerprint density at radius 3 is 2.75 bits per heavy atom. The van der Waals surface area contributed by atoms with Crippen molar-refractivity contribution in [2.45, 2.75) is 19.4 Å². The zero-order valence-corrected chi connectivity index (χ0v) is 10.7. The van der Waals surface area contributed by atoms with Crippen LogP contribution in [0.25, 0.3) is 0 Å². The highest BCUT2D eigenvalue weighted by Gasteiger charge is 2.11. The van der Waals surface area contributed by atoms with Gasteiger partial charge in [0.15, 0.2) is 0 Å². The van der Waals surface area contributed by atoms with Crippen molar-refractivity contribution in [2.24, 2.45) is 5.73 Å². The highest BCUT2D eigenvalue weighted by molar-refractivity contribution is 9.10. The van der Waals surface area contributed by atoms with Gasteiger partial charge in [-0.1, -0.05) is 0 Å². The van der Waals surface area contributed by atoms with E-state index >= 15 is 0 Å². The summed E-state index contributed by atoms with van der Waals surface area (Å²) in [4.78, 5) is 18.8. The lowest BCUT2D eigenvalue weighted by Gasteiger charge is -2.14. The highest BCUT2D eigenvalue weighted by atomic mass is 79.9. The Morgan fingerprint density at radius 2 is 2.19 bits per heavy atom. The Morgan fingerprint density at radius 1 is 1.56 bits per heavy atom. The molecule has 1 unspecified atom stereocenters. The van der Waals surface area contributed by atoms with E-state index in [-0.39, 0.29) is 18.4 Å². The van der Waals surface area contributed by atoms with Crippen LogP contribution >= 0.6 is 15.9 Å². The lowest BCUT2D eigenvalue weighted by molar-refractivity contribution is -0.118. The maximum absolute atomic E-state index is 10.7. The quantitative estimate of drug-likeness (QED) is 0.750. The van der Waals surface area contributed by atoms with Gasteiger partial charge >= 0.3 is 0 Å². The minimum Gasteiger partial charge on any atom is -0.372 e. The fourth-order valence-electron chi connectivity index (χ4n) is 1.23. The number of primary amides is 1. The number of nitrogens with one attached hydrogen (secondary N) is 2. The van der Waals surface area contributed by atoms with Crippen LogP contribution in [0.2, 0.25) is 0 Å². The van der Waals surface area contributed by atoms with Crippen molar-refractivity contribution in [3.63, 3.8) is 0 Å². The van der Waals surface area contributed by atoms with Gasteiger partial charge in [-0.2, -0.15) is 0 Å². The largest absolute Gasteiger partial charge is 0.372 e. The third-order valence-electron chi connectivity index (χ3n) is 1.92. The number of rotatable bonds is 5. The number of nitrogens with two attached hydrogens (primary N) is 1. The summed E-state index contributed by atoms with van der Waals surface area (Å²) < 4.78 is 0.730. The van der Waals surface area contributed by atoms with Crippen molar-refractivity contribution in [2.75, 3.05) is 17.7 Å². The van der Waals surface area contributed by atoms with Crippen LogP contribution in [0.15, 0.2) is 10.8 Å². The number of anilines is 2. The number of amides is 1. The Kier molecular flexibility index (Phi) is 4.48. The van der Waals surface area contributed by atoms with E-state index in [4.69, 9.17) is 5.73 Å². The summed E-state index contributed by atoms with van der Waals surface area (Å²) in [5.41, 5.74) is 5.11. The molecule has 6 nitrogen and oxygen atoms in total. The summed E-state index contributed by atoms with van der Waals surface area (Å²) in [6.45, 7) is 1.86. The SMILES string of the molecule is CNc1ncnc(NC(C)CC(N)=O)c1Br. The van der Waals surface area contributed by atoms with Crippen molar-refractivity contribution >= 4 is 33.5 Å². The maximum atomic E-state index is 10.7. The van der Waals surface area contributed by atoms with Crippen LogP contribution in [0.3, 0.4) is 0 Å². The van der Waals surface area contributed by atoms with Crippen molar-refractivity contribution in [3.8, 4) is 0 Å². The summed E-state index contributed by atoms with van der Waals surface area (Å²) in [6.07, 6.45) is 1.70. The first-order valence-electron chi connectivity index (χ1n) is 4.77. The number of hydrogen-bond donors (Lipinski definition) is 3. The minimum atomic E-state index is -0.348. The van der Waals surface area contributed by atoms with Gasteiger partial charge in [-0.15, -0.1) is 0 Å². The van der Waals surface area contributed by atoms with Gasteiger partial charge in [-0.25, -0.2) is 9.97 Å². The van der Waals surface area contributed by atoms with Gasteiger partial charge in [-0.3, -0.25) is 4.79 Å². The number of carbonyl (C=O) groups excluding carboxylic acids is 1. The standard InChI is InChI=1S/C9H14BrN5O/c1-5(3-6(11)16)15-9-7(10)8(12-2)13-4-14-9/h4-5H,3H2,1-2H3,(H2,11,16)(H2,12,13,14,15). The highest BCUT2D eigenvalue weighted by Crippen LogP contribution is 2.26. The smallest absolute Gasteiger partial charge is 0.219 e. The van der Waals surface area contributed by atoms with Crippen LogP contribution in [0, 0.1) is 0 Å². The molecule has 0 aliphatic rings. The summed E-state index contributed by atoms with van der Waals surface area (Å²) in [7, 11) is 1.77. The summed E-state index contributed by atoms with van der Waals surface area (Å²) in [5.74, 6) is 0.968. The zero-order valence-electron chi connectivity index (χ0n) is 9.12. The third-order valence-corrected chi connectivity index (χ3v) is 2.67. The molecule has 0 bridgehead atoms. The molecule has 1 rings (SSSR count). The van der Waals surface area contributed by atoms with Gasteiger partial charge in [0, 0.05) is 19.5 Å². The first-order chi connectivity index (χ1) is 7.54. The Labute approximate surface area is 102 Å². The van der Waals surface area contributed by atoms with Gasteiger partial charge in [-0.05, 0) is 22.9 Å². The Balaban J connectivity index is 2.77. The topological polar surface area (TPSA) is 92.9 Å². The van der Waals surface area contributed by atoms with Gasteiger partial charge in [0.2, 0.25) is 5.91 Å². The molecule has 1 atom stereocenters. The van der Waals surface area contributed by atoms with Crippen molar-refractivity contribution in [1.82, 2.24) is 9.97 Å². The van der Waals surface area contributed by atoms with E-state index in [1.165, 1.54) is 6.33 Å². The molecular formula is C9H14BrN5O. The fraction of sp³-hybridized carbons (Fsp3) is 0.444. The van der Waals surface area contributed by atoms with E-state index in [1.54, 1.807) is 7.05 Å². The monoisotopic (exact) mass is 287 g/mol. The van der Waals surface area contributed by atoms with Crippen LogP contribution in [-0.2, 0) is 4.79 Å². The van der Waals surface area contributed by atoms with E-state index < -0.39 is 0 Å². The molecular weight excluding hydrogens is 274 g/mol. The normalized spacial score (nSPS) is 11.9. The lowest BCUT2D eigenvalue weighted by atomic mass is 10.2. The molecule has 0 spiro atoms. The zero-order chi connectivity index (χ0) is 12.1. The second-order valence-corrected chi connectivity index (χ2v) is 4.14. The summed E-state index contributed by atoms with van der Waals surface area (Å²) in [5, 5.41) is 6.00. The fourth-order valence-corrected chi connectivity index (χ4v) is 1.75. The molecule has 4 N–H and O–H groups in total. The number of hydrogen-bond acceptors (Lipinski definition) is 5. The van der Waals surface area contributed by atoms with Crippen molar-refractivity contribution in [1.29, 1.82) is 0 Å². The van der Waals surface area contributed by atoms with E-state index in [0.29, 0.717) is 11.6 Å². The van der Waals surface area contributed by atoms with Crippen molar-refractivity contribution in [3.05, 3.63) is 10.8 Å². The Bertz CT molecular complexity index is 384. The van der Waals surface area contributed by atoms with Gasteiger partial charge in [0.05, 0.1) is 0 Å². The molecule has 1 heterocycles. The molecule has 0 fully saturated rings. The number of carbonyl (C=O) groups is 1. The predicted octanol–water partition coefficient (Wildman–Crippen LogP) is 0.957. The number of aromatic nitrogens is 2. The van der Waals surface area contributed by atoms with Gasteiger partial charge < -0.3 is 16.4 Å². The van der Waals surface area contributed by atoms with Crippen LogP contribution in [-0.4, -0.2) is 29.0 Å². The van der Waals surface area contributed by atoms with Gasteiger partial charge in [0.25, 0.3) is 0 Å². The number of halogens is 1. The predicted molar refractivity (Wildman–Crippen MR) is 66.2 cm³/mol. The average Bonchev–Trinajstić information content (AvgIpc) is 2.20. The molecule has 88 valence electrons. The van der Waals surface area contributed by atoms with E-state index in [1.807, 2.05) is 6.92 Å². The number of nitrogens with zero attached hydrogens (tertiary/aromatic N) is 2. The summed E-state index contributed by atoms with van der Waals surface area (Å²) >= 11 is 3.37. The molecule has 7 heteroatoms. The molecule has 0 aliphatic heterocycles. The molecule has 1 amide bonds. The van der Waals surface area contributed by atoms with Crippen LogP contribution in [0.5, 0.6) is 0 Å². The van der Waals surface area contributed by atoms with Gasteiger partial charge in [0.1, 0.15) is 22.4 Å². The van der Waals surface area contributed by atoms with Crippen LogP contribution < -0.4 is 16.4 Å². The molecule has 0 aromatic carbocycles. The van der Waals surface area contributed by atoms with E-state index in [9.17, 15) is 4.79 Å².